The maximum Gasteiger partial charge on any atom is 0.245 e. The minimum atomic E-state index is -0.303. The number of rotatable bonds is 4. The van der Waals surface area contributed by atoms with Gasteiger partial charge in [-0.15, -0.1) is 0 Å². The largest absolute Gasteiger partial charge is 0.380 e. The molecule has 4 heterocycles. The molecule has 4 saturated heterocycles. The molecule has 0 aliphatic carbocycles. The highest BCUT2D eigenvalue weighted by molar-refractivity contribution is 5.89. The van der Waals surface area contributed by atoms with E-state index in [-0.39, 0.29) is 29.8 Å². The average Bonchev–Trinajstić information content (AvgIpc) is 3.10. The van der Waals surface area contributed by atoms with Crippen LogP contribution in [-0.4, -0.2) is 84.5 Å². The number of likely N-dealkylation sites (tertiary alicyclic amines) is 1. The number of carbonyl (C=O) groups excluding carboxylic acids is 2. The monoisotopic (exact) mass is 437 g/mol. The second kappa shape index (κ2) is 9.75. The topological polar surface area (TPSA) is 53.1 Å². The van der Waals surface area contributed by atoms with E-state index < -0.39 is 0 Å². The third kappa shape index (κ3) is 4.48. The molecule has 1 aromatic carbocycles. The van der Waals surface area contributed by atoms with Crippen LogP contribution in [-0.2, 0) is 14.3 Å². The minimum Gasteiger partial charge on any atom is -0.380 e. The van der Waals surface area contributed by atoms with Gasteiger partial charge in [-0.2, -0.15) is 0 Å². The van der Waals surface area contributed by atoms with Crippen LogP contribution in [0.15, 0.2) is 36.4 Å². The summed E-state index contributed by atoms with van der Waals surface area (Å²) < 4.78 is 5.58. The summed E-state index contributed by atoms with van der Waals surface area (Å²) in [6, 6.07) is 10.3. The normalized spacial score (nSPS) is 31.4. The zero-order valence-corrected chi connectivity index (χ0v) is 18.9. The van der Waals surface area contributed by atoms with E-state index in [1.165, 1.54) is 5.56 Å². The van der Waals surface area contributed by atoms with Crippen LogP contribution in [0.25, 0.3) is 6.08 Å². The summed E-state index contributed by atoms with van der Waals surface area (Å²) in [4.78, 5) is 33.3. The van der Waals surface area contributed by atoms with E-state index in [2.05, 4.69) is 41.3 Å². The highest BCUT2D eigenvalue weighted by atomic mass is 16.5. The lowest BCUT2D eigenvalue weighted by Gasteiger charge is -2.56. The van der Waals surface area contributed by atoms with Gasteiger partial charge in [0, 0.05) is 57.7 Å². The van der Waals surface area contributed by atoms with Crippen LogP contribution in [0.4, 0.5) is 0 Å². The maximum atomic E-state index is 13.8. The van der Waals surface area contributed by atoms with Gasteiger partial charge in [0.1, 0.15) is 6.04 Å². The highest BCUT2D eigenvalue weighted by Crippen LogP contribution is 2.42. The molecule has 5 rings (SSSR count). The van der Waals surface area contributed by atoms with Gasteiger partial charge in [0.25, 0.3) is 0 Å². The Kier molecular flexibility index (Phi) is 6.60. The SMILES string of the molecule is O=C([C@H]1[C@@H]2C[C@@H](CN(C/C=C/c3ccccc3)C2)[C@@H]2CCCC(=O)N21)N1CCCOCC1. The summed E-state index contributed by atoms with van der Waals surface area (Å²) in [7, 11) is 0. The first kappa shape index (κ1) is 21.7. The second-order valence-electron chi connectivity index (χ2n) is 9.78. The first-order chi connectivity index (χ1) is 15.7. The fraction of sp³-hybridized carbons (Fsp3) is 0.615. The zero-order chi connectivity index (χ0) is 21.9. The number of hydrogen-bond donors (Lipinski definition) is 0. The van der Waals surface area contributed by atoms with Gasteiger partial charge in [-0.3, -0.25) is 14.5 Å². The lowest BCUT2D eigenvalue weighted by atomic mass is 9.71. The maximum absolute atomic E-state index is 13.8. The molecule has 32 heavy (non-hydrogen) atoms. The molecule has 0 unspecified atom stereocenters. The standard InChI is InChI=1S/C26H35N3O3/c30-24-11-4-10-23-21-17-22(19-27(18-21)12-5-9-20-7-2-1-3-8-20)25(29(23)24)26(31)28-13-6-15-32-16-14-28/h1-3,5,7-9,21-23,25H,4,6,10-19H2/b9-5+/t21-,22+,23-,25+/m0/s1. The van der Waals surface area contributed by atoms with Crippen molar-refractivity contribution in [3.8, 4) is 0 Å². The number of benzene rings is 1. The molecular formula is C26H35N3O3. The van der Waals surface area contributed by atoms with E-state index in [1.807, 2.05) is 15.9 Å². The molecule has 0 N–H and O–H groups in total. The van der Waals surface area contributed by atoms with E-state index in [4.69, 9.17) is 4.74 Å². The van der Waals surface area contributed by atoms with Crippen molar-refractivity contribution in [2.75, 3.05) is 45.9 Å². The fourth-order valence-corrected chi connectivity index (χ4v) is 6.28. The molecule has 0 aromatic heterocycles. The Morgan fingerprint density at radius 1 is 1.06 bits per heavy atom. The summed E-state index contributed by atoms with van der Waals surface area (Å²) >= 11 is 0. The molecule has 4 fully saturated rings. The summed E-state index contributed by atoms with van der Waals surface area (Å²) in [6.07, 6.45) is 8.93. The predicted octanol–water partition coefficient (Wildman–Crippen LogP) is 2.65. The number of piperidine rings is 3. The van der Waals surface area contributed by atoms with Crippen LogP contribution in [0.1, 0.15) is 37.7 Å². The molecule has 2 amide bonds. The van der Waals surface area contributed by atoms with Crippen molar-refractivity contribution in [2.24, 2.45) is 11.8 Å². The van der Waals surface area contributed by atoms with E-state index in [9.17, 15) is 9.59 Å². The molecule has 172 valence electrons. The van der Waals surface area contributed by atoms with Gasteiger partial charge in [-0.05, 0) is 37.2 Å². The molecule has 6 nitrogen and oxygen atoms in total. The van der Waals surface area contributed by atoms with Crippen molar-refractivity contribution >= 4 is 17.9 Å². The Morgan fingerprint density at radius 2 is 1.91 bits per heavy atom. The smallest absolute Gasteiger partial charge is 0.245 e. The highest BCUT2D eigenvalue weighted by Gasteiger charge is 2.52. The minimum absolute atomic E-state index is 0.154. The Labute approximate surface area is 191 Å². The van der Waals surface area contributed by atoms with Crippen molar-refractivity contribution in [1.82, 2.24) is 14.7 Å². The number of amides is 2. The van der Waals surface area contributed by atoms with Gasteiger partial charge in [0.2, 0.25) is 11.8 Å². The summed E-state index contributed by atoms with van der Waals surface area (Å²) in [6.45, 7) is 5.48. The van der Waals surface area contributed by atoms with Crippen LogP contribution >= 0.6 is 0 Å². The summed E-state index contributed by atoms with van der Waals surface area (Å²) in [5.41, 5.74) is 1.21. The molecular weight excluding hydrogens is 402 g/mol. The number of nitrogens with zero attached hydrogens (tertiary/aromatic N) is 3. The quantitative estimate of drug-likeness (QED) is 0.727. The predicted molar refractivity (Wildman–Crippen MR) is 124 cm³/mol. The first-order valence-electron chi connectivity index (χ1n) is 12.3. The molecule has 2 bridgehead atoms. The number of ether oxygens (including phenoxy) is 1. The van der Waals surface area contributed by atoms with Crippen molar-refractivity contribution in [3.63, 3.8) is 0 Å². The van der Waals surface area contributed by atoms with Crippen LogP contribution in [0.2, 0.25) is 0 Å². The van der Waals surface area contributed by atoms with E-state index in [1.54, 1.807) is 0 Å². The van der Waals surface area contributed by atoms with E-state index in [0.29, 0.717) is 32.1 Å². The van der Waals surface area contributed by atoms with Gasteiger partial charge in [0.05, 0.1) is 6.61 Å². The Hall–Kier alpha value is -2.18. The van der Waals surface area contributed by atoms with Crippen LogP contribution in [0, 0.1) is 11.8 Å². The Balaban J connectivity index is 1.34. The molecule has 4 aliphatic heterocycles. The molecule has 4 aliphatic rings. The summed E-state index contributed by atoms with van der Waals surface area (Å²) in [5, 5.41) is 0. The van der Waals surface area contributed by atoms with Crippen molar-refractivity contribution in [2.45, 2.75) is 44.2 Å². The van der Waals surface area contributed by atoms with Gasteiger partial charge in [0.15, 0.2) is 0 Å². The molecule has 6 heteroatoms. The van der Waals surface area contributed by atoms with Crippen LogP contribution < -0.4 is 0 Å². The van der Waals surface area contributed by atoms with E-state index in [0.717, 1.165) is 51.9 Å². The van der Waals surface area contributed by atoms with E-state index >= 15 is 0 Å². The molecule has 0 saturated carbocycles. The summed E-state index contributed by atoms with van der Waals surface area (Å²) in [5.74, 6) is 1.03. The van der Waals surface area contributed by atoms with Gasteiger partial charge < -0.3 is 14.5 Å². The number of hydrogen-bond acceptors (Lipinski definition) is 4. The number of carbonyl (C=O) groups is 2. The van der Waals surface area contributed by atoms with Gasteiger partial charge in [-0.25, -0.2) is 0 Å². The number of fused-ring (bicyclic) bond motifs is 4. The molecule has 1 aromatic rings. The van der Waals surface area contributed by atoms with Crippen molar-refractivity contribution < 1.29 is 14.3 Å². The Bertz CT molecular complexity index is 834. The molecule has 0 radical (unpaired) electrons. The van der Waals surface area contributed by atoms with Gasteiger partial charge in [-0.1, -0.05) is 42.5 Å². The molecule has 4 atom stereocenters. The molecule has 0 spiro atoms. The lowest BCUT2D eigenvalue weighted by Crippen LogP contribution is -2.68. The van der Waals surface area contributed by atoms with Crippen molar-refractivity contribution in [1.29, 1.82) is 0 Å². The third-order valence-corrected chi connectivity index (χ3v) is 7.68. The zero-order valence-electron chi connectivity index (χ0n) is 18.9. The van der Waals surface area contributed by atoms with Crippen molar-refractivity contribution in [3.05, 3.63) is 42.0 Å². The average molecular weight is 438 g/mol. The Morgan fingerprint density at radius 3 is 2.78 bits per heavy atom. The second-order valence-corrected chi connectivity index (χ2v) is 9.78. The lowest BCUT2D eigenvalue weighted by molar-refractivity contribution is -0.165. The third-order valence-electron chi connectivity index (χ3n) is 7.68. The fourth-order valence-electron chi connectivity index (χ4n) is 6.28. The first-order valence-corrected chi connectivity index (χ1v) is 12.3. The van der Waals surface area contributed by atoms with Gasteiger partial charge >= 0.3 is 0 Å². The van der Waals surface area contributed by atoms with Crippen LogP contribution in [0.3, 0.4) is 0 Å². The van der Waals surface area contributed by atoms with Crippen LogP contribution in [0.5, 0.6) is 0 Å².